The summed E-state index contributed by atoms with van der Waals surface area (Å²) in [5, 5.41) is 0. The average molecular weight is 191 g/mol. The monoisotopic (exact) mass is 191 g/mol. The zero-order valence-electron chi connectivity index (χ0n) is 7.06. The molecule has 2 rings (SSSR count). The van der Waals surface area contributed by atoms with Gasteiger partial charge in [-0.05, 0) is 19.8 Å². The van der Waals surface area contributed by atoms with Gasteiger partial charge in [-0.1, -0.05) is 0 Å². The lowest BCUT2D eigenvalue weighted by Gasteiger charge is -2.04. The third-order valence-corrected chi connectivity index (χ3v) is 4.29. The molecule has 3 atom stereocenters. The van der Waals surface area contributed by atoms with Gasteiger partial charge in [-0.25, -0.2) is 8.42 Å². The first kappa shape index (κ1) is 8.47. The van der Waals surface area contributed by atoms with Crippen molar-refractivity contribution in [2.24, 2.45) is 0 Å². The molecule has 0 saturated carbocycles. The molecule has 70 valence electrons. The molecule has 12 heavy (non-hydrogen) atoms. The van der Waals surface area contributed by atoms with Crippen molar-refractivity contribution in [1.29, 1.82) is 0 Å². The molecule has 2 fully saturated rings. The molecule has 0 N–H and O–H groups in total. The molecule has 0 aliphatic carbocycles. The van der Waals surface area contributed by atoms with Gasteiger partial charge in [-0.3, -0.25) is 0 Å². The summed E-state index contributed by atoms with van der Waals surface area (Å²) >= 11 is 0. The van der Waals surface area contributed by atoms with E-state index in [1.165, 1.54) is 4.31 Å². The fourth-order valence-corrected chi connectivity index (χ4v) is 3.08. The maximum Gasteiger partial charge on any atom is 0.216 e. The van der Waals surface area contributed by atoms with Crippen LogP contribution in [0.3, 0.4) is 0 Å². The van der Waals surface area contributed by atoms with Gasteiger partial charge >= 0.3 is 0 Å². The van der Waals surface area contributed by atoms with Crippen LogP contribution in [0.2, 0.25) is 0 Å². The molecule has 2 aliphatic rings. The van der Waals surface area contributed by atoms with E-state index in [1.807, 2.05) is 0 Å². The minimum atomic E-state index is -3.00. The summed E-state index contributed by atoms with van der Waals surface area (Å²) in [6, 6.07) is 0.156. The topological polar surface area (TPSA) is 46.4 Å². The largest absolute Gasteiger partial charge is 0.360 e. The van der Waals surface area contributed by atoms with Crippen LogP contribution in [0.5, 0.6) is 0 Å². The van der Waals surface area contributed by atoms with Crippen LogP contribution in [0.4, 0.5) is 0 Å². The molecule has 0 aromatic rings. The second kappa shape index (κ2) is 2.68. The summed E-state index contributed by atoms with van der Waals surface area (Å²) < 4.78 is 29.5. The third kappa shape index (κ3) is 1.16. The minimum absolute atomic E-state index is 0.122. The van der Waals surface area contributed by atoms with Crippen molar-refractivity contribution in [1.82, 2.24) is 4.31 Å². The maximum absolute atomic E-state index is 11.4. The molecule has 0 radical (unpaired) electrons. The number of nitrogens with zero attached hydrogens (tertiary/aromatic N) is 1. The highest BCUT2D eigenvalue weighted by Crippen LogP contribution is 2.39. The lowest BCUT2D eigenvalue weighted by atomic mass is 10.2. The number of rotatable bonds is 2. The molecule has 2 heterocycles. The number of fused-ring (bicyclic) bond motifs is 1. The van der Waals surface area contributed by atoms with Gasteiger partial charge in [0, 0.05) is 6.61 Å². The Kier molecular flexibility index (Phi) is 1.89. The standard InChI is InChI=1S/C7H13NO3S/c1-2-12(9,10)8-6-4-3-5-11-7(6)8/h6-7H,2-5H2,1H3. The normalized spacial score (nSPS) is 40.6. The highest BCUT2D eigenvalue weighted by molar-refractivity contribution is 7.89. The molecular weight excluding hydrogens is 178 g/mol. The Morgan fingerprint density at radius 3 is 2.83 bits per heavy atom. The molecule has 2 saturated heterocycles. The van der Waals surface area contributed by atoms with Crippen LogP contribution in [-0.2, 0) is 14.8 Å². The Bertz CT molecular complexity index is 262. The van der Waals surface area contributed by atoms with Crippen molar-refractivity contribution < 1.29 is 13.2 Å². The van der Waals surface area contributed by atoms with Crippen LogP contribution >= 0.6 is 0 Å². The van der Waals surface area contributed by atoms with Crippen LogP contribution in [-0.4, -0.2) is 37.4 Å². The number of sulfonamides is 1. The van der Waals surface area contributed by atoms with E-state index in [1.54, 1.807) is 6.92 Å². The fraction of sp³-hybridized carbons (Fsp3) is 1.00. The third-order valence-electron chi connectivity index (χ3n) is 2.44. The first-order valence-corrected chi connectivity index (χ1v) is 5.90. The van der Waals surface area contributed by atoms with E-state index in [0.29, 0.717) is 6.61 Å². The highest BCUT2D eigenvalue weighted by Gasteiger charge is 2.56. The zero-order valence-corrected chi connectivity index (χ0v) is 7.88. The summed E-state index contributed by atoms with van der Waals surface area (Å²) in [5.74, 6) is 0.184. The fourth-order valence-electron chi connectivity index (χ4n) is 1.70. The van der Waals surface area contributed by atoms with Gasteiger partial charge in [-0.2, -0.15) is 4.31 Å². The van der Waals surface area contributed by atoms with Crippen molar-refractivity contribution in [3.63, 3.8) is 0 Å². The first-order valence-electron chi connectivity index (χ1n) is 4.29. The lowest BCUT2D eigenvalue weighted by Crippen LogP contribution is -2.17. The van der Waals surface area contributed by atoms with Gasteiger partial charge in [0.05, 0.1) is 11.8 Å². The number of hydrogen-bond acceptors (Lipinski definition) is 3. The molecule has 0 aromatic heterocycles. The van der Waals surface area contributed by atoms with Crippen molar-refractivity contribution in [2.75, 3.05) is 12.4 Å². The van der Waals surface area contributed by atoms with Crippen molar-refractivity contribution in [3.8, 4) is 0 Å². The maximum atomic E-state index is 11.4. The van der Waals surface area contributed by atoms with E-state index < -0.39 is 10.0 Å². The molecule has 0 bridgehead atoms. The molecule has 0 amide bonds. The minimum Gasteiger partial charge on any atom is -0.360 e. The van der Waals surface area contributed by atoms with Crippen LogP contribution in [0.15, 0.2) is 0 Å². The quantitative estimate of drug-likeness (QED) is 0.584. The summed E-state index contributed by atoms with van der Waals surface area (Å²) in [7, 11) is -3.00. The number of ether oxygens (including phenoxy) is 1. The molecule has 0 spiro atoms. The van der Waals surface area contributed by atoms with Crippen molar-refractivity contribution in [2.45, 2.75) is 32.0 Å². The summed E-state index contributed by atoms with van der Waals surface area (Å²) in [5.41, 5.74) is 0. The lowest BCUT2D eigenvalue weighted by molar-refractivity contribution is 0.0787. The Morgan fingerprint density at radius 2 is 2.33 bits per heavy atom. The average Bonchev–Trinajstić information content (AvgIpc) is 2.78. The summed E-state index contributed by atoms with van der Waals surface area (Å²) in [6.45, 7) is 2.37. The van der Waals surface area contributed by atoms with Gasteiger partial charge < -0.3 is 4.74 Å². The first-order chi connectivity index (χ1) is 5.67. The van der Waals surface area contributed by atoms with Crippen LogP contribution in [0.1, 0.15) is 19.8 Å². The van der Waals surface area contributed by atoms with E-state index in [9.17, 15) is 8.42 Å². The summed E-state index contributed by atoms with van der Waals surface area (Å²) in [4.78, 5) is 0. The van der Waals surface area contributed by atoms with E-state index >= 15 is 0 Å². The number of hydrogen-bond donors (Lipinski definition) is 0. The predicted octanol–water partition coefficient (Wildman–Crippen LogP) is 0.157. The van der Waals surface area contributed by atoms with Crippen molar-refractivity contribution in [3.05, 3.63) is 0 Å². The molecule has 3 unspecified atom stereocenters. The smallest absolute Gasteiger partial charge is 0.216 e. The predicted molar refractivity (Wildman–Crippen MR) is 44.1 cm³/mol. The molecule has 2 aliphatic heterocycles. The highest BCUT2D eigenvalue weighted by atomic mass is 32.2. The zero-order chi connectivity index (χ0) is 8.77. The summed E-state index contributed by atoms with van der Waals surface area (Å²) in [6.07, 6.45) is 1.82. The van der Waals surface area contributed by atoms with E-state index in [-0.39, 0.29) is 18.0 Å². The van der Waals surface area contributed by atoms with Crippen LogP contribution in [0, 0.1) is 0 Å². The van der Waals surface area contributed by atoms with Gasteiger partial charge in [0.1, 0.15) is 6.23 Å². The second-order valence-electron chi connectivity index (χ2n) is 3.20. The van der Waals surface area contributed by atoms with Gasteiger partial charge in [0.25, 0.3) is 0 Å². The Labute approximate surface area is 72.6 Å². The van der Waals surface area contributed by atoms with Gasteiger partial charge in [0.2, 0.25) is 10.0 Å². The molecule has 5 heteroatoms. The van der Waals surface area contributed by atoms with Crippen LogP contribution < -0.4 is 0 Å². The SMILES string of the molecule is CCS(=O)(=O)N1C2CCCOC21. The Morgan fingerprint density at radius 1 is 1.58 bits per heavy atom. The van der Waals surface area contributed by atoms with E-state index in [0.717, 1.165) is 12.8 Å². The van der Waals surface area contributed by atoms with Crippen molar-refractivity contribution >= 4 is 10.0 Å². The van der Waals surface area contributed by atoms with E-state index in [4.69, 9.17) is 4.74 Å². The van der Waals surface area contributed by atoms with Crippen LogP contribution in [0.25, 0.3) is 0 Å². The molecule has 4 nitrogen and oxygen atoms in total. The molecule has 0 aromatic carbocycles. The second-order valence-corrected chi connectivity index (χ2v) is 5.36. The Balaban J connectivity index is 2.10. The van der Waals surface area contributed by atoms with Gasteiger partial charge in [-0.15, -0.1) is 0 Å². The van der Waals surface area contributed by atoms with E-state index in [2.05, 4.69) is 0 Å². The Hall–Kier alpha value is -0.130. The van der Waals surface area contributed by atoms with Gasteiger partial charge in [0.15, 0.2) is 0 Å². The molecular formula is C7H13NO3S.